The van der Waals surface area contributed by atoms with Crippen molar-refractivity contribution < 1.29 is 9.53 Å². The first-order chi connectivity index (χ1) is 10.7. The second-order valence-corrected chi connectivity index (χ2v) is 6.97. The number of hydrogen-bond donors (Lipinski definition) is 0. The normalized spacial score (nSPS) is 14.2. The Labute approximate surface area is 143 Å². The summed E-state index contributed by atoms with van der Waals surface area (Å²) in [6.07, 6.45) is 6.40. The molecule has 0 radical (unpaired) electrons. The summed E-state index contributed by atoms with van der Waals surface area (Å²) in [5, 5.41) is 0. The summed E-state index contributed by atoms with van der Waals surface area (Å²) in [6, 6.07) is 0. The third-order valence-electron chi connectivity index (χ3n) is 4.61. The highest BCUT2D eigenvalue weighted by Gasteiger charge is 2.08. The quantitative estimate of drug-likeness (QED) is 0.213. The van der Waals surface area contributed by atoms with Gasteiger partial charge in [0.1, 0.15) is 0 Å². The predicted molar refractivity (Wildman–Crippen MR) is 100 cm³/mol. The van der Waals surface area contributed by atoms with Crippen molar-refractivity contribution in [2.75, 3.05) is 6.61 Å². The van der Waals surface area contributed by atoms with E-state index in [4.69, 9.17) is 4.74 Å². The molecule has 1 atom stereocenters. The lowest BCUT2D eigenvalue weighted by molar-refractivity contribution is -0.137. The summed E-state index contributed by atoms with van der Waals surface area (Å²) < 4.78 is 4.98. The molecule has 0 aliphatic rings. The summed E-state index contributed by atoms with van der Waals surface area (Å²) in [4.78, 5) is 11.5. The summed E-state index contributed by atoms with van der Waals surface area (Å²) in [5.41, 5.74) is 6.56. The largest absolute Gasteiger partial charge is 0.463 e. The van der Waals surface area contributed by atoms with Crippen molar-refractivity contribution in [1.82, 2.24) is 0 Å². The van der Waals surface area contributed by atoms with Gasteiger partial charge in [0.25, 0.3) is 0 Å². The third kappa shape index (κ3) is 9.43. The molecule has 0 amide bonds. The van der Waals surface area contributed by atoms with Crippen molar-refractivity contribution in [1.29, 1.82) is 0 Å². The van der Waals surface area contributed by atoms with E-state index in [1.54, 1.807) is 6.08 Å². The van der Waals surface area contributed by atoms with Crippen LogP contribution >= 0.6 is 0 Å². The van der Waals surface area contributed by atoms with Gasteiger partial charge in [0.05, 0.1) is 6.61 Å². The van der Waals surface area contributed by atoms with Gasteiger partial charge in [-0.3, -0.25) is 0 Å². The van der Waals surface area contributed by atoms with E-state index in [0.29, 0.717) is 12.5 Å². The average Bonchev–Trinajstić information content (AvgIpc) is 2.45. The fourth-order valence-corrected chi connectivity index (χ4v) is 2.55. The van der Waals surface area contributed by atoms with Gasteiger partial charge in [0.15, 0.2) is 0 Å². The van der Waals surface area contributed by atoms with E-state index in [9.17, 15) is 4.79 Å². The lowest BCUT2D eigenvalue weighted by atomic mass is 9.91. The van der Waals surface area contributed by atoms with E-state index >= 15 is 0 Å². The van der Waals surface area contributed by atoms with Gasteiger partial charge in [-0.15, -0.1) is 0 Å². The van der Waals surface area contributed by atoms with Crippen LogP contribution in [0, 0.1) is 5.92 Å². The standard InChI is InChI=1S/C21H36O2/c1-9-23-21(22)14-19(7)20(8)18(6)13-16(4)11-10-12-17(5)15(2)3/h14,16H,9-13H2,1-8H3/b19-14+,20-18+. The number of allylic oxidation sites excluding steroid dienone is 5. The van der Waals surface area contributed by atoms with Crippen molar-refractivity contribution in [2.45, 2.75) is 81.1 Å². The second kappa shape index (κ2) is 11.3. The minimum Gasteiger partial charge on any atom is -0.463 e. The molecule has 132 valence electrons. The van der Waals surface area contributed by atoms with Crippen LogP contribution < -0.4 is 0 Å². The maximum atomic E-state index is 11.5. The second-order valence-electron chi connectivity index (χ2n) is 6.97. The maximum Gasteiger partial charge on any atom is 0.331 e. The molecule has 2 nitrogen and oxygen atoms in total. The Hall–Kier alpha value is -1.31. The highest BCUT2D eigenvalue weighted by atomic mass is 16.5. The Morgan fingerprint density at radius 3 is 2.17 bits per heavy atom. The summed E-state index contributed by atoms with van der Waals surface area (Å²) in [7, 11) is 0. The first kappa shape index (κ1) is 21.7. The van der Waals surface area contributed by atoms with Gasteiger partial charge in [0.2, 0.25) is 0 Å². The number of carbonyl (C=O) groups excluding carboxylic acids is 1. The molecule has 0 saturated carbocycles. The van der Waals surface area contributed by atoms with Crippen LogP contribution in [0.2, 0.25) is 0 Å². The van der Waals surface area contributed by atoms with E-state index in [1.165, 1.54) is 41.6 Å². The van der Waals surface area contributed by atoms with Crippen LogP contribution in [0.3, 0.4) is 0 Å². The molecule has 23 heavy (non-hydrogen) atoms. The Morgan fingerprint density at radius 1 is 1.04 bits per heavy atom. The van der Waals surface area contributed by atoms with E-state index in [0.717, 1.165) is 12.0 Å². The number of ether oxygens (including phenoxy) is 1. The molecule has 0 saturated heterocycles. The molecule has 0 aromatic rings. The zero-order valence-electron chi connectivity index (χ0n) is 16.5. The Morgan fingerprint density at radius 2 is 1.65 bits per heavy atom. The number of hydrogen-bond acceptors (Lipinski definition) is 2. The zero-order valence-corrected chi connectivity index (χ0v) is 16.5. The maximum absolute atomic E-state index is 11.5. The summed E-state index contributed by atoms with van der Waals surface area (Å²) >= 11 is 0. The van der Waals surface area contributed by atoms with Gasteiger partial charge in [-0.1, -0.05) is 30.1 Å². The number of esters is 1. The monoisotopic (exact) mass is 320 g/mol. The molecule has 0 spiro atoms. The van der Waals surface area contributed by atoms with E-state index in [1.807, 2.05) is 13.8 Å². The SMILES string of the molecule is CCOC(=O)/C=C(C)/C(C)=C(\C)CC(C)CCCC(C)=C(C)C. The third-order valence-corrected chi connectivity index (χ3v) is 4.61. The minimum atomic E-state index is -0.248. The molecule has 0 N–H and O–H groups in total. The van der Waals surface area contributed by atoms with Gasteiger partial charge in [-0.05, 0) is 84.8 Å². The topological polar surface area (TPSA) is 26.3 Å². The number of rotatable bonds is 9. The van der Waals surface area contributed by atoms with Crippen molar-refractivity contribution in [3.8, 4) is 0 Å². The van der Waals surface area contributed by atoms with E-state index in [-0.39, 0.29) is 5.97 Å². The van der Waals surface area contributed by atoms with Gasteiger partial charge in [0, 0.05) is 6.08 Å². The fourth-order valence-electron chi connectivity index (χ4n) is 2.55. The molecule has 0 aromatic heterocycles. The average molecular weight is 321 g/mol. The molecule has 0 aliphatic carbocycles. The Kier molecular flexibility index (Phi) is 10.6. The van der Waals surface area contributed by atoms with Crippen LogP contribution in [0.4, 0.5) is 0 Å². The van der Waals surface area contributed by atoms with Crippen molar-refractivity contribution in [3.05, 3.63) is 33.9 Å². The van der Waals surface area contributed by atoms with Crippen LogP contribution in [0.25, 0.3) is 0 Å². The highest BCUT2D eigenvalue weighted by molar-refractivity contribution is 5.83. The molecule has 2 heteroatoms. The van der Waals surface area contributed by atoms with E-state index < -0.39 is 0 Å². The summed E-state index contributed by atoms with van der Waals surface area (Å²) in [6.45, 7) is 17.4. The molecular weight excluding hydrogens is 284 g/mol. The van der Waals surface area contributed by atoms with Gasteiger partial charge in [-0.2, -0.15) is 0 Å². The molecule has 0 bridgehead atoms. The molecule has 0 fully saturated rings. The predicted octanol–water partition coefficient (Wildman–Crippen LogP) is 6.39. The number of carbonyl (C=O) groups is 1. The first-order valence-corrected chi connectivity index (χ1v) is 8.83. The Bertz CT molecular complexity index is 474. The van der Waals surface area contributed by atoms with Crippen molar-refractivity contribution in [2.24, 2.45) is 5.92 Å². The highest BCUT2D eigenvalue weighted by Crippen LogP contribution is 2.24. The fraction of sp³-hybridized carbons (Fsp3) is 0.667. The zero-order chi connectivity index (χ0) is 18.0. The molecule has 0 aromatic carbocycles. The lowest BCUT2D eigenvalue weighted by Crippen LogP contribution is -2.02. The summed E-state index contributed by atoms with van der Waals surface area (Å²) in [5.74, 6) is 0.424. The van der Waals surface area contributed by atoms with Gasteiger partial charge >= 0.3 is 5.97 Å². The molecule has 0 aliphatic heterocycles. The van der Waals surface area contributed by atoms with Crippen LogP contribution in [-0.4, -0.2) is 12.6 Å². The van der Waals surface area contributed by atoms with Crippen LogP contribution in [0.5, 0.6) is 0 Å². The van der Waals surface area contributed by atoms with Crippen LogP contribution in [0.1, 0.15) is 81.1 Å². The van der Waals surface area contributed by atoms with Crippen LogP contribution in [0.15, 0.2) is 33.9 Å². The first-order valence-electron chi connectivity index (χ1n) is 8.83. The smallest absolute Gasteiger partial charge is 0.331 e. The molecule has 0 heterocycles. The minimum absolute atomic E-state index is 0.248. The van der Waals surface area contributed by atoms with Crippen molar-refractivity contribution in [3.63, 3.8) is 0 Å². The van der Waals surface area contributed by atoms with Crippen LogP contribution in [-0.2, 0) is 9.53 Å². The molecular formula is C21H36O2. The Balaban J connectivity index is 4.56. The van der Waals surface area contributed by atoms with Gasteiger partial charge < -0.3 is 4.74 Å². The lowest BCUT2D eigenvalue weighted by Gasteiger charge is -2.15. The van der Waals surface area contributed by atoms with E-state index in [2.05, 4.69) is 41.5 Å². The van der Waals surface area contributed by atoms with Gasteiger partial charge in [-0.25, -0.2) is 4.79 Å². The molecule has 0 rings (SSSR count). The van der Waals surface area contributed by atoms with Crippen molar-refractivity contribution >= 4 is 5.97 Å². The molecule has 1 unspecified atom stereocenters.